The van der Waals surface area contributed by atoms with Crippen LogP contribution in [0.15, 0.2) is 185 Å². The Labute approximate surface area is 330 Å². The van der Waals surface area contributed by atoms with Crippen molar-refractivity contribution in [3.8, 4) is 56.4 Å². The Hall–Kier alpha value is -7.41. The molecule has 5 nitrogen and oxygen atoms in total. The molecule has 0 saturated carbocycles. The normalized spacial score (nSPS) is 11.9. The maximum atomic E-state index is 6.66. The van der Waals surface area contributed by atoms with Crippen LogP contribution >= 0.6 is 11.3 Å². The summed E-state index contributed by atoms with van der Waals surface area (Å²) in [6.07, 6.45) is 0. The third-order valence-corrected chi connectivity index (χ3v) is 12.1. The molecular formula is C51H29N3O2S. The van der Waals surface area contributed by atoms with E-state index in [1.54, 1.807) is 11.3 Å². The number of para-hydroxylation sites is 3. The Kier molecular flexibility index (Phi) is 7.03. The van der Waals surface area contributed by atoms with E-state index in [-0.39, 0.29) is 0 Å². The van der Waals surface area contributed by atoms with E-state index in [1.165, 1.54) is 25.7 Å². The van der Waals surface area contributed by atoms with E-state index in [2.05, 4.69) is 91.0 Å². The fraction of sp³-hybridized carbons (Fsp3) is 0. The second-order valence-corrected chi connectivity index (χ2v) is 15.4. The summed E-state index contributed by atoms with van der Waals surface area (Å²) in [5.41, 5.74) is 10.6. The number of hydrogen-bond donors (Lipinski definition) is 0. The van der Waals surface area contributed by atoms with Gasteiger partial charge in [-0.25, -0.2) is 15.0 Å². The molecule has 0 spiro atoms. The number of aromatic nitrogens is 3. The van der Waals surface area contributed by atoms with Crippen LogP contribution in [0.4, 0.5) is 0 Å². The molecule has 8 aromatic carbocycles. The molecule has 0 unspecified atom stereocenters. The molecule has 0 amide bonds. The van der Waals surface area contributed by atoms with Crippen LogP contribution in [0.2, 0.25) is 0 Å². The molecule has 0 radical (unpaired) electrons. The standard InChI is InChI=1S/C51H29N3O2S/c1-3-13-30(14-4-1)49-52-50(31-15-5-2-6-16-31)54-51(53-49)32-25-26-37-40-22-11-19-34(48(40)57-45(37)29-32)33-27-41-36-18-8-10-24-44(36)56-47(41)42(28-33)39-21-12-20-38-35-17-7-9-23-43(35)55-46(38)39/h1-29H. The van der Waals surface area contributed by atoms with Crippen molar-refractivity contribution in [2.75, 3.05) is 0 Å². The van der Waals surface area contributed by atoms with Gasteiger partial charge < -0.3 is 8.83 Å². The first kappa shape index (κ1) is 31.9. The minimum absolute atomic E-state index is 0.643. The van der Waals surface area contributed by atoms with Gasteiger partial charge in [0.25, 0.3) is 0 Å². The van der Waals surface area contributed by atoms with Crippen LogP contribution in [0.5, 0.6) is 0 Å². The molecule has 4 aromatic heterocycles. The number of furan rings is 2. The van der Waals surface area contributed by atoms with Gasteiger partial charge in [-0.15, -0.1) is 11.3 Å². The fourth-order valence-corrected chi connectivity index (χ4v) is 9.52. The van der Waals surface area contributed by atoms with Gasteiger partial charge in [0.1, 0.15) is 22.3 Å². The summed E-state index contributed by atoms with van der Waals surface area (Å²) in [5, 5.41) is 6.76. The number of hydrogen-bond acceptors (Lipinski definition) is 6. The van der Waals surface area contributed by atoms with Crippen molar-refractivity contribution in [3.05, 3.63) is 176 Å². The zero-order valence-electron chi connectivity index (χ0n) is 30.3. The lowest BCUT2D eigenvalue weighted by molar-refractivity contribution is 0.665. The van der Waals surface area contributed by atoms with Crippen LogP contribution in [0.25, 0.3) is 120 Å². The summed E-state index contributed by atoms with van der Waals surface area (Å²) in [6.45, 7) is 0. The van der Waals surface area contributed by atoms with Gasteiger partial charge >= 0.3 is 0 Å². The first-order valence-electron chi connectivity index (χ1n) is 18.9. The lowest BCUT2D eigenvalue weighted by Gasteiger charge is -2.10. The van der Waals surface area contributed by atoms with Gasteiger partial charge in [-0.2, -0.15) is 0 Å². The molecule has 0 atom stereocenters. The zero-order valence-corrected chi connectivity index (χ0v) is 31.1. The van der Waals surface area contributed by atoms with Crippen molar-refractivity contribution in [2.24, 2.45) is 0 Å². The maximum absolute atomic E-state index is 6.66. The smallest absolute Gasteiger partial charge is 0.164 e. The Morgan fingerprint density at radius 1 is 0.333 bits per heavy atom. The van der Waals surface area contributed by atoms with Gasteiger partial charge in [0, 0.05) is 69.5 Å². The number of thiophene rings is 1. The zero-order chi connectivity index (χ0) is 37.5. The molecule has 0 aliphatic heterocycles. The molecule has 266 valence electrons. The van der Waals surface area contributed by atoms with Gasteiger partial charge in [-0.05, 0) is 41.5 Å². The topological polar surface area (TPSA) is 65.0 Å². The Balaban J connectivity index is 1.06. The molecule has 0 bridgehead atoms. The van der Waals surface area contributed by atoms with Gasteiger partial charge in [0.05, 0.1) is 0 Å². The van der Waals surface area contributed by atoms with Crippen LogP contribution in [0.3, 0.4) is 0 Å². The first-order valence-corrected chi connectivity index (χ1v) is 19.7. The van der Waals surface area contributed by atoms with Crippen molar-refractivity contribution >= 4 is 75.4 Å². The maximum Gasteiger partial charge on any atom is 0.164 e. The van der Waals surface area contributed by atoms with E-state index in [1.807, 2.05) is 84.9 Å². The van der Waals surface area contributed by atoms with Gasteiger partial charge in [0.2, 0.25) is 0 Å². The minimum Gasteiger partial charge on any atom is -0.455 e. The largest absolute Gasteiger partial charge is 0.455 e. The molecule has 0 N–H and O–H groups in total. The predicted molar refractivity (Wildman–Crippen MR) is 234 cm³/mol. The highest BCUT2D eigenvalue weighted by Gasteiger charge is 2.21. The van der Waals surface area contributed by atoms with Crippen LogP contribution < -0.4 is 0 Å². The Morgan fingerprint density at radius 3 is 1.56 bits per heavy atom. The predicted octanol–water partition coefficient (Wildman–Crippen LogP) is 14.4. The molecule has 0 fully saturated rings. The van der Waals surface area contributed by atoms with Crippen molar-refractivity contribution in [2.45, 2.75) is 0 Å². The number of benzene rings is 8. The third-order valence-electron chi connectivity index (χ3n) is 10.9. The van der Waals surface area contributed by atoms with Crippen LogP contribution in [-0.4, -0.2) is 15.0 Å². The monoisotopic (exact) mass is 747 g/mol. The molecular weight excluding hydrogens is 719 g/mol. The molecule has 0 saturated heterocycles. The number of fused-ring (bicyclic) bond motifs is 9. The summed E-state index contributed by atoms with van der Waals surface area (Å²) < 4.78 is 15.6. The van der Waals surface area contributed by atoms with Crippen molar-refractivity contribution in [1.82, 2.24) is 15.0 Å². The van der Waals surface area contributed by atoms with E-state index in [0.717, 1.165) is 77.3 Å². The second-order valence-electron chi connectivity index (χ2n) is 14.3. The van der Waals surface area contributed by atoms with Crippen LogP contribution in [-0.2, 0) is 0 Å². The van der Waals surface area contributed by atoms with E-state index >= 15 is 0 Å². The van der Waals surface area contributed by atoms with Crippen molar-refractivity contribution in [1.29, 1.82) is 0 Å². The summed E-state index contributed by atoms with van der Waals surface area (Å²) in [6, 6.07) is 60.9. The summed E-state index contributed by atoms with van der Waals surface area (Å²) >= 11 is 1.80. The summed E-state index contributed by atoms with van der Waals surface area (Å²) in [5.74, 6) is 1.94. The van der Waals surface area contributed by atoms with Crippen molar-refractivity contribution in [3.63, 3.8) is 0 Å². The van der Waals surface area contributed by atoms with Gasteiger partial charge in [-0.3, -0.25) is 0 Å². The molecule has 0 aliphatic rings. The fourth-order valence-electron chi connectivity index (χ4n) is 8.24. The molecule has 57 heavy (non-hydrogen) atoms. The van der Waals surface area contributed by atoms with E-state index in [4.69, 9.17) is 23.8 Å². The highest BCUT2D eigenvalue weighted by Crippen LogP contribution is 2.46. The van der Waals surface area contributed by atoms with E-state index < -0.39 is 0 Å². The van der Waals surface area contributed by atoms with Crippen LogP contribution in [0.1, 0.15) is 0 Å². The second kappa shape index (κ2) is 12.6. The SMILES string of the molecule is c1ccc(-c2nc(-c3ccccc3)nc(-c3ccc4c(c3)sc3c(-c5cc(-c6cccc7c6oc6ccccc67)c6oc7ccccc7c6c5)cccc34)n2)cc1. The molecule has 12 rings (SSSR count). The van der Waals surface area contributed by atoms with E-state index in [0.29, 0.717) is 17.5 Å². The lowest BCUT2D eigenvalue weighted by atomic mass is 9.94. The highest BCUT2D eigenvalue weighted by atomic mass is 32.1. The molecule has 4 heterocycles. The summed E-state index contributed by atoms with van der Waals surface area (Å²) in [4.78, 5) is 14.9. The van der Waals surface area contributed by atoms with E-state index in [9.17, 15) is 0 Å². The highest BCUT2D eigenvalue weighted by molar-refractivity contribution is 7.26. The Bertz CT molecular complexity index is 3470. The molecule has 0 aliphatic carbocycles. The average Bonchev–Trinajstić information content (AvgIpc) is 3.98. The quantitative estimate of drug-likeness (QED) is 0.175. The first-order chi connectivity index (χ1) is 28.2. The lowest BCUT2D eigenvalue weighted by Crippen LogP contribution is -1.99. The summed E-state index contributed by atoms with van der Waals surface area (Å²) in [7, 11) is 0. The molecule has 6 heteroatoms. The van der Waals surface area contributed by atoms with Gasteiger partial charge in [-0.1, -0.05) is 146 Å². The van der Waals surface area contributed by atoms with Crippen molar-refractivity contribution < 1.29 is 8.83 Å². The molecule has 12 aromatic rings. The third kappa shape index (κ3) is 5.12. The Morgan fingerprint density at radius 2 is 0.877 bits per heavy atom. The number of nitrogens with zero attached hydrogens (tertiary/aromatic N) is 3. The average molecular weight is 748 g/mol. The van der Waals surface area contributed by atoms with Gasteiger partial charge in [0.15, 0.2) is 17.5 Å². The minimum atomic E-state index is 0.643. The number of rotatable bonds is 5. The van der Waals surface area contributed by atoms with Crippen LogP contribution in [0, 0.1) is 0 Å².